The largest absolute Gasteiger partial charge is 0.465 e. The van der Waals surface area contributed by atoms with Gasteiger partial charge in [0.05, 0.1) is 24.2 Å². The molecule has 0 amide bonds. The molecule has 0 saturated heterocycles. The molecule has 0 aliphatic carbocycles. The van der Waals surface area contributed by atoms with Gasteiger partial charge in [-0.25, -0.2) is 13.2 Å². The molecule has 1 rings (SSSR count). The second-order valence-corrected chi connectivity index (χ2v) is 6.13. The molecular formula is C13H17NO6S. The molecule has 0 aliphatic rings. The molecule has 0 spiro atoms. The fourth-order valence-corrected chi connectivity index (χ4v) is 2.65. The van der Waals surface area contributed by atoms with Crippen LogP contribution in [-0.2, 0) is 24.3 Å². The molecule has 0 N–H and O–H groups in total. The van der Waals surface area contributed by atoms with E-state index in [1.165, 1.54) is 38.4 Å². The number of ether oxygens (including phenoxy) is 2. The van der Waals surface area contributed by atoms with E-state index in [-0.39, 0.29) is 23.6 Å². The third-order valence-electron chi connectivity index (χ3n) is 2.64. The number of rotatable bonds is 6. The van der Waals surface area contributed by atoms with E-state index in [1.807, 2.05) is 0 Å². The van der Waals surface area contributed by atoms with Gasteiger partial charge in [-0.05, 0) is 31.2 Å². The van der Waals surface area contributed by atoms with Crippen LogP contribution in [0.5, 0.6) is 0 Å². The first-order chi connectivity index (χ1) is 9.82. The zero-order valence-electron chi connectivity index (χ0n) is 12.0. The normalized spacial score (nSPS) is 11.2. The quantitative estimate of drug-likeness (QED) is 0.716. The number of hydrogen-bond acceptors (Lipinski definition) is 6. The van der Waals surface area contributed by atoms with Gasteiger partial charge in [-0.2, -0.15) is 4.31 Å². The molecule has 0 aliphatic heterocycles. The molecule has 1 aromatic carbocycles. The van der Waals surface area contributed by atoms with Gasteiger partial charge in [0.25, 0.3) is 0 Å². The van der Waals surface area contributed by atoms with Crippen molar-refractivity contribution in [2.45, 2.75) is 11.8 Å². The highest BCUT2D eigenvalue weighted by Crippen LogP contribution is 2.15. The second-order valence-electron chi connectivity index (χ2n) is 4.08. The number of benzene rings is 1. The third-order valence-corrected chi connectivity index (χ3v) is 4.46. The standard InChI is InChI=1S/C13H17NO6S/c1-4-20-12(15)9-14(2)21(17,18)11-7-5-10(6-8-11)13(16)19-3/h5-8H,4,9H2,1-3H3. The van der Waals surface area contributed by atoms with E-state index in [9.17, 15) is 18.0 Å². The number of hydrogen-bond donors (Lipinski definition) is 0. The number of carbonyl (C=O) groups excluding carboxylic acids is 2. The molecule has 0 saturated carbocycles. The van der Waals surface area contributed by atoms with Gasteiger partial charge in [0, 0.05) is 7.05 Å². The summed E-state index contributed by atoms with van der Waals surface area (Å²) in [5.74, 6) is -1.19. The highest BCUT2D eigenvalue weighted by Gasteiger charge is 2.23. The van der Waals surface area contributed by atoms with Crippen molar-refractivity contribution >= 4 is 22.0 Å². The number of nitrogens with zero attached hydrogens (tertiary/aromatic N) is 1. The van der Waals surface area contributed by atoms with Crippen LogP contribution in [0.2, 0.25) is 0 Å². The average molecular weight is 315 g/mol. The van der Waals surface area contributed by atoms with Gasteiger partial charge < -0.3 is 9.47 Å². The minimum atomic E-state index is -3.82. The fourth-order valence-electron chi connectivity index (χ4n) is 1.53. The van der Waals surface area contributed by atoms with Crippen LogP contribution < -0.4 is 0 Å². The first-order valence-electron chi connectivity index (χ1n) is 6.13. The number of likely N-dealkylation sites (N-methyl/N-ethyl adjacent to an activating group) is 1. The van der Waals surface area contributed by atoms with Crippen LogP contribution in [0.15, 0.2) is 29.2 Å². The van der Waals surface area contributed by atoms with Crippen molar-refractivity contribution < 1.29 is 27.5 Å². The summed E-state index contributed by atoms with van der Waals surface area (Å²) in [4.78, 5) is 22.6. The highest BCUT2D eigenvalue weighted by molar-refractivity contribution is 7.89. The van der Waals surface area contributed by atoms with Crippen LogP contribution in [0, 0.1) is 0 Å². The summed E-state index contributed by atoms with van der Waals surface area (Å²) in [6, 6.07) is 5.25. The lowest BCUT2D eigenvalue weighted by Crippen LogP contribution is -2.33. The van der Waals surface area contributed by atoms with Crippen molar-refractivity contribution in [1.82, 2.24) is 4.31 Å². The number of carbonyl (C=O) groups is 2. The summed E-state index contributed by atoms with van der Waals surface area (Å²) in [6.07, 6.45) is 0. The van der Waals surface area contributed by atoms with Crippen LogP contribution >= 0.6 is 0 Å². The van der Waals surface area contributed by atoms with Crippen molar-refractivity contribution in [1.29, 1.82) is 0 Å². The smallest absolute Gasteiger partial charge is 0.337 e. The number of esters is 2. The highest BCUT2D eigenvalue weighted by atomic mass is 32.2. The Kier molecular flexibility index (Phi) is 5.86. The fraction of sp³-hybridized carbons (Fsp3) is 0.385. The zero-order chi connectivity index (χ0) is 16.0. The molecule has 0 fully saturated rings. The Morgan fingerprint density at radius 2 is 1.76 bits per heavy atom. The molecule has 8 heteroatoms. The lowest BCUT2D eigenvalue weighted by molar-refractivity contribution is -0.143. The van der Waals surface area contributed by atoms with Gasteiger partial charge in [0.2, 0.25) is 10.0 Å². The Balaban J connectivity index is 2.92. The lowest BCUT2D eigenvalue weighted by atomic mass is 10.2. The van der Waals surface area contributed by atoms with Crippen LogP contribution in [0.4, 0.5) is 0 Å². The Morgan fingerprint density at radius 1 is 1.19 bits per heavy atom. The molecule has 21 heavy (non-hydrogen) atoms. The zero-order valence-corrected chi connectivity index (χ0v) is 12.8. The Hall–Kier alpha value is -1.93. The molecule has 0 unspecified atom stereocenters. The summed E-state index contributed by atoms with van der Waals surface area (Å²) >= 11 is 0. The first kappa shape index (κ1) is 17.1. The lowest BCUT2D eigenvalue weighted by Gasteiger charge is -2.16. The van der Waals surface area contributed by atoms with Crippen LogP contribution in [0.1, 0.15) is 17.3 Å². The van der Waals surface area contributed by atoms with Gasteiger partial charge in [-0.1, -0.05) is 0 Å². The van der Waals surface area contributed by atoms with E-state index in [4.69, 9.17) is 4.74 Å². The second kappa shape index (κ2) is 7.19. The summed E-state index contributed by atoms with van der Waals surface area (Å²) in [5, 5.41) is 0. The van der Waals surface area contributed by atoms with Gasteiger partial charge >= 0.3 is 11.9 Å². The minimum absolute atomic E-state index is 0.0260. The Bertz CT molecular complexity index is 608. The molecular weight excluding hydrogens is 298 g/mol. The predicted octanol–water partition coefficient (Wildman–Crippen LogP) is 0.657. The van der Waals surface area contributed by atoms with Crippen LogP contribution in [0.3, 0.4) is 0 Å². The van der Waals surface area contributed by atoms with Gasteiger partial charge in [-0.15, -0.1) is 0 Å². The number of methoxy groups -OCH3 is 1. The molecule has 0 atom stereocenters. The molecule has 0 aromatic heterocycles. The van der Waals surface area contributed by atoms with Crippen LogP contribution in [-0.4, -0.2) is 52.0 Å². The maximum Gasteiger partial charge on any atom is 0.337 e. The third kappa shape index (κ3) is 4.27. The van der Waals surface area contributed by atoms with Crippen LogP contribution in [0.25, 0.3) is 0 Å². The van der Waals surface area contributed by atoms with E-state index < -0.39 is 22.0 Å². The topological polar surface area (TPSA) is 90.0 Å². The van der Waals surface area contributed by atoms with Crippen molar-refractivity contribution in [3.05, 3.63) is 29.8 Å². The molecule has 0 heterocycles. The Morgan fingerprint density at radius 3 is 2.24 bits per heavy atom. The predicted molar refractivity (Wildman–Crippen MR) is 74.2 cm³/mol. The first-order valence-corrected chi connectivity index (χ1v) is 7.57. The summed E-state index contributed by atoms with van der Waals surface area (Å²) in [7, 11) is -1.31. The van der Waals surface area contributed by atoms with E-state index in [0.29, 0.717) is 0 Å². The molecule has 0 bridgehead atoms. The maximum atomic E-state index is 12.2. The van der Waals surface area contributed by atoms with Gasteiger partial charge in [-0.3, -0.25) is 4.79 Å². The van der Waals surface area contributed by atoms with Crippen molar-refractivity contribution in [3.8, 4) is 0 Å². The molecule has 7 nitrogen and oxygen atoms in total. The summed E-state index contributed by atoms with van der Waals surface area (Å²) < 4.78 is 34.6. The summed E-state index contributed by atoms with van der Waals surface area (Å²) in [6.45, 7) is 1.44. The SMILES string of the molecule is CCOC(=O)CN(C)S(=O)(=O)c1ccc(C(=O)OC)cc1. The van der Waals surface area contributed by atoms with Gasteiger partial charge in [0.15, 0.2) is 0 Å². The molecule has 0 radical (unpaired) electrons. The van der Waals surface area contributed by atoms with Crippen molar-refractivity contribution in [2.24, 2.45) is 0 Å². The van der Waals surface area contributed by atoms with E-state index >= 15 is 0 Å². The van der Waals surface area contributed by atoms with Crippen molar-refractivity contribution in [2.75, 3.05) is 27.3 Å². The molecule has 1 aromatic rings. The summed E-state index contributed by atoms with van der Waals surface area (Å²) in [5.41, 5.74) is 0.240. The maximum absolute atomic E-state index is 12.2. The van der Waals surface area contributed by atoms with Crippen molar-refractivity contribution in [3.63, 3.8) is 0 Å². The number of sulfonamides is 1. The monoisotopic (exact) mass is 315 g/mol. The average Bonchev–Trinajstić information content (AvgIpc) is 2.46. The van der Waals surface area contributed by atoms with E-state index in [0.717, 1.165) is 4.31 Å². The molecule has 116 valence electrons. The minimum Gasteiger partial charge on any atom is -0.465 e. The Labute approximate surface area is 123 Å². The van der Waals surface area contributed by atoms with E-state index in [2.05, 4.69) is 4.74 Å². The van der Waals surface area contributed by atoms with Gasteiger partial charge in [0.1, 0.15) is 6.54 Å². The van der Waals surface area contributed by atoms with E-state index in [1.54, 1.807) is 6.92 Å².